The van der Waals surface area contributed by atoms with Crippen LogP contribution in [-0.4, -0.2) is 37.5 Å². The molecule has 0 atom stereocenters. The molecule has 0 bridgehead atoms. The highest BCUT2D eigenvalue weighted by molar-refractivity contribution is 5.78. The van der Waals surface area contributed by atoms with E-state index in [4.69, 9.17) is 5.11 Å². The predicted octanol–water partition coefficient (Wildman–Crippen LogP) is 0.962. The maximum atomic E-state index is 12.0. The van der Waals surface area contributed by atoms with Crippen LogP contribution >= 0.6 is 0 Å². The molecule has 20 heavy (non-hydrogen) atoms. The highest BCUT2D eigenvalue weighted by Crippen LogP contribution is 2.31. The summed E-state index contributed by atoms with van der Waals surface area (Å²) in [5, 5.41) is 19.5. The normalized spacial score (nSPS) is 17.6. The molecule has 1 amide bonds. The van der Waals surface area contributed by atoms with Crippen LogP contribution in [0, 0.1) is 0 Å². The summed E-state index contributed by atoms with van der Waals surface area (Å²) in [6.07, 6.45) is 8.07. The standard InChI is InChI=1S/C13H20N4O3/c18-11(4-8-17-9-7-14-16-17)15-13(10-12(19)20)5-2-1-3-6-13/h7,9H,1-6,8,10H2,(H,15,18)(H,19,20). The van der Waals surface area contributed by atoms with E-state index in [9.17, 15) is 9.59 Å². The molecule has 7 nitrogen and oxygen atoms in total. The molecular formula is C13H20N4O3. The first-order chi connectivity index (χ1) is 9.60. The Labute approximate surface area is 117 Å². The number of aromatic nitrogens is 3. The molecule has 0 aromatic carbocycles. The minimum Gasteiger partial charge on any atom is -0.481 e. The van der Waals surface area contributed by atoms with Crippen molar-refractivity contribution >= 4 is 11.9 Å². The van der Waals surface area contributed by atoms with Gasteiger partial charge in [-0.2, -0.15) is 0 Å². The molecule has 0 spiro atoms. The van der Waals surface area contributed by atoms with Gasteiger partial charge in [-0.25, -0.2) is 0 Å². The van der Waals surface area contributed by atoms with Crippen molar-refractivity contribution in [1.82, 2.24) is 20.3 Å². The quantitative estimate of drug-likeness (QED) is 0.809. The van der Waals surface area contributed by atoms with Crippen molar-refractivity contribution in [2.75, 3.05) is 0 Å². The number of aliphatic carboxylic acids is 1. The Morgan fingerprint density at radius 2 is 2.05 bits per heavy atom. The fourth-order valence-electron chi connectivity index (χ4n) is 2.79. The second-order valence-corrected chi connectivity index (χ2v) is 5.38. The number of nitrogens with one attached hydrogen (secondary N) is 1. The SMILES string of the molecule is O=C(O)CC1(NC(=O)CCn2ccnn2)CCCCC1. The predicted molar refractivity (Wildman–Crippen MR) is 70.9 cm³/mol. The van der Waals surface area contributed by atoms with Crippen molar-refractivity contribution < 1.29 is 14.7 Å². The molecule has 1 aromatic heterocycles. The van der Waals surface area contributed by atoms with Gasteiger partial charge in [-0.15, -0.1) is 5.10 Å². The van der Waals surface area contributed by atoms with Crippen LogP contribution in [0.2, 0.25) is 0 Å². The Morgan fingerprint density at radius 3 is 2.65 bits per heavy atom. The van der Waals surface area contributed by atoms with Crippen LogP contribution in [-0.2, 0) is 16.1 Å². The molecule has 1 heterocycles. The summed E-state index contributed by atoms with van der Waals surface area (Å²) in [6.45, 7) is 0.453. The van der Waals surface area contributed by atoms with Gasteiger partial charge in [0.2, 0.25) is 5.91 Å². The third-order valence-electron chi connectivity index (χ3n) is 3.74. The molecule has 0 unspecified atom stereocenters. The summed E-state index contributed by atoms with van der Waals surface area (Å²) < 4.78 is 1.59. The van der Waals surface area contributed by atoms with Crippen LogP contribution in [0.4, 0.5) is 0 Å². The zero-order valence-corrected chi connectivity index (χ0v) is 11.4. The van der Waals surface area contributed by atoms with Crippen molar-refractivity contribution in [3.05, 3.63) is 12.4 Å². The van der Waals surface area contributed by atoms with Gasteiger partial charge < -0.3 is 10.4 Å². The third-order valence-corrected chi connectivity index (χ3v) is 3.74. The Kier molecular flexibility index (Phi) is 4.70. The fraction of sp³-hybridized carbons (Fsp3) is 0.692. The van der Waals surface area contributed by atoms with Gasteiger partial charge >= 0.3 is 5.97 Å². The lowest BCUT2D eigenvalue weighted by molar-refractivity contribution is -0.139. The number of hydrogen-bond donors (Lipinski definition) is 2. The molecule has 1 saturated carbocycles. The van der Waals surface area contributed by atoms with E-state index in [1.807, 2.05) is 0 Å². The second kappa shape index (κ2) is 6.49. The van der Waals surface area contributed by atoms with Crippen LogP contribution < -0.4 is 5.32 Å². The van der Waals surface area contributed by atoms with Gasteiger partial charge in [0.25, 0.3) is 0 Å². The molecule has 110 valence electrons. The van der Waals surface area contributed by atoms with E-state index in [1.165, 1.54) is 0 Å². The maximum Gasteiger partial charge on any atom is 0.305 e. The smallest absolute Gasteiger partial charge is 0.305 e. The molecule has 1 aliphatic rings. The zero-order valence-electron chi connectivity index (χ0n) is 11.4. The first-order valence-electron chi connectivity index (χ1n) is 6.97. The first kappa shape index (κ1) is 14.5. The number of carbonyl (C=O) groups excluding carboxylic acids is 1. The number of carboxylic acids is 1. The minimum atomic E-state index is -0.858. The van der Waals surface area contributed by atoms with E-state index < -0.39 is 11.5 Å². The Balaban J connectivity index is 1.89. The van der Waals surface area contributed by atoms with Gasteiger partial charge in [-0.1, -0.05) is 24.5 Å². The average Bonchev–Trinajstić information content (AvgIpc) is 2.89. The summed E-state index contributed by atoms with van der Waals surface area (Å²) in [5.41, 5.74) is -0.566. The van der Waals surface area contributed by atoms with Gasteiger partial charge in [-0.3, -0.25) is 14.3 Å². The van der Waals surface area contributed by atoms with Gasteiger partial charge in [-0.05, 0) is 12.8 Å². The number of hydrogen-bond acceptors (Lipinski definition) is 4. The highest BCUT2D eigenvalue weighted by atomic mass is 16.4. The van der Waals surface area contributed by atoms with Gasteiger partial charge in [0.15, 0.2) is 0 Å². The number of aryl methyl sites for hydroxylation is 1. The molecule has 0 aliphatic heterocycles. The van der Waals surface area contributed by atoms with Crippen molar-refractivity contribution in [3.63, 3.8) is 0 Å². The molecule has 1 aliphatic carbocycles. The van der Waals surface area contributed by atoms with E-state index in [0.29, 0.717) is 6.54 Å². The molecule has 0 radical (unpaired) electrons. The van der Waals surface area contributed by atoms with Crippen molar-refractivity contribution in [2.24, 2.45) is 0 Å². The topological polar surface area (TPSA) is 97.1 Å². The second-order valence-electron chi connectivity index (χ2n) is 5.38. The largest absolute Gasteiger partial charge is 0.481 e. The summed E-state index contributed by atoms with van der Waals surface area (Å²) in [4.78, 5) is 23.1. The van der Waals surface area contributed by atoms with Crippen molar-refractivity contribution in [2.45, 2.75) is 57.0 Å². The number of amides is 1. The number of carbonyl (C=O) groups is 2. The average molecular weight is 280 g/mol. The van der Waals surface area contributed by atoms with Crippen LogP contribution in [0.5, 0.6) is 0 Å². The lowest BCUT2D eigenvalue weighted by Gasteiger charge is -2.37. The Morgan fingerprint density at radius 1 is 1.30 bits per heavy atom. The van der Waals surface area contributed by atoms with Gasteiger partial charge in [0.05, 0.1) is 24.7 Å². The molecule has 7 heteroatoms. The Hall–Kier alpha value is -1.92. The van der Waals surface area contributed by atoms with Crippen molar-refractivity contribution in [3.8, 4) is 0 Å². The third kappa shape index (κ3) is 4.04. The number of nitrogens with zero attached hydrogens (tertiary/aromatic N) is 3. The monoisotopic (exact) mass is 280 g/mol. The van der Waals surface area contributed by atoms with E-state index in [0.717, 1.165) is 32.1 Å². The molecule has 1 fully saturated rings. The molecule has 0 saturated heterocycles. The van der Waals surface area contributed by atoms with Gasteiger partial charge in [0.1, 0.15) is 0 Å². The lowest BCUT2D eigenvalue weighted by Crippen LogP contribution is -2.51. The lowest BCUT2D eigenvalue weighted by atomic mass is 9.79. The summed E-state index contributed by atoms with van der Waals surface area (Å²) in [7, 11) is 0. The molecular weight excluding hydrogens is 260 g/mol. The molecule has 2 rings (SSSR count). The van der Waals surface area contributed by atoms with Crippen LogP contribution in [0.25, 0.3) is 0 Å². The first-order valence-corrected chi connectivity index (χ1v) is 6.97. The Bertz CT molecular complexity index is 452. The number of carboxylic acid groups (broad SMARTS) is 1. The minimum absolute atomic E-state index is 0.00205. The van der Waals surface area contributed by atoms with Crippen LogP contribution in [0.3, 0.4) is 0 Å². The number of rotatable bonds is 6. The fourth-order valence-corrected chi connectivity index (χ4v) is 2.79. The maximum absolute atomic E-state index is 12.0. The zero-order chi connectivity index (χ0) is 14.4. The molecule has 1 aromatic rings. The highest BCUT2D eigenvalue weighted by Gasteiger charge is 2.35. The summed E-state index contributed by atoms with van der Waals surface area (Å²) in [6, 6.07) is 0. The van der Waals surface area contributed by atoms with Crippen LogP contribution in [0.1, 0.15) is 44.9 Å². The van der Waals surface area contributed by atoms with E-state index in [-0.39, 0.29) is 18.7 Å². The van der Waals surface area contributed by atoms with E-state index >= 15 is 0 Å². The van der Waals surface area contributed by atoms with Gasteiger partial charge in [0, 0.05) is 12.6 Å². The van der Waals surface area contributed by atoms with E-state index in [2.05, 4.69) is 15.6 Å². The van der Waals surface area contributed by atoms with E-state index in [1.54, 1.807) is 17.1 Å². The summed E-state index contributed by atoms with van der Waals surface area (Å²) >= 11 is 0. The van der Waals surface area contributed by atoms with Crippen molar-refractivity contribution in [1.29, 1.82) is 0 Å². The summed E-state index contributed by atoms with van der Waals surface area (Å²) in [5.74, 6) is -0.980. The van der Waals surface area contributed by atoms with Crippen LogP contribution in [0.15, 0.2) is 12.4 Å². The molecule has 2 N–H and O–H groups in total.